The first-order valence-electron chi connectivity index (χ1n) is 5.61. The third-order valence-corrected chi connectivity index (χ3v) is 3.02. The molecule has 2 aromatic rings. The second-order valence-corrected chi connectivity index (χ2v) is 4.35. The fourth-order valence-electron chi connectivity index (χ4n) is 2.09. The van der Waals surface area contributed by atoms with Gasteiger partial charge in [-0.15, -0.1) is 0 Å². The van der Waals surface area contributed by atoms with Crippen LogP contribution in [0.1, 0.15) is 31.8 Å². The van der Waals surface area contributed by atoms with E-state index in [0.717, 1.165) is 11.1 Å². The molecule has 0 saturated heterocycles. The number of H-pyrrole nitrogens is 1. The first kappa shape index (κ1) is 10.7. The third kappa shape index (κ3) is 1.52. The summed E-state index contributed by atoms with van der Waals surface area (Å²) in [7, 11) is 0. The number of rotatable bonds is 2. The van der Waals surface area contributed by atoms with Gasteiger partial charge in [0.25, 0.3) is 11.8 Å². The van der Waals surface area contributed by atoms with Crippen molar-refractivity contribution >= 4 is 11.8 Å². The largest absolute Gasteiger partial charge is 0.285 e. The van der Waals surface area contributed by atoms with Gasteiger partial charge in [-0.25, -0.2) is 0 Å². The fourth-order valence-corrected chi connectivity index (χ4v) is 2.09. The summed E-state index contributed by atoms with van der Waals surface area (Å²) in [5.41, 5.74) is 2.75. The highest BCUT2D eigenvalue weighted by Crippen LogP contribution is 2.25. The van der Waals surface area contributed by atoms with E-state index in [4.69, 9.17) is 0 Å². The van der Waals surface area contributed by atoms with Crippen LogP contribution in [0.15, 0.2) is 30.6 Å². The van der Waals surface area contributed by atoms with Crippen LogP contribution >= 0.6 is 0 Å². The molecule has 0 radical (unpaired) electrons. The van der Waals surface area contributed by atoms with Gasteiger partial charge in [0.1, 0.15) is 0 Å². The molecule has 2 heterocycles. The van der Waals surface area contributed by atoms with E-state index < -0.39 is 0 Å². The van der Waals surface area contributed by atoms with Gasteiger partial charge in [-0.05, 0) is 19.1 Å². The topological polar surface area (TPSA) is 66.1 Å². The Labute approximate surface area is 103 Å². The molecule has 0 atom stereocenters. The predicted molar refractivity (Wildman–Crippen MR) is 64.0 cm³/mol. The van der Waals surface area contributed by atoms with E-state index in [-0.39, 0.29) is 18.4 Å². The number of nitrogens with zero attached hydrogens (tertiary/aromatic N) is 2. The SMILES string of the molecule is Cc1ccc2c(c1)C(=O)N(Cc1cn[nH]c1)C2=O. The van der Waals surface area contributed by atoms with Gasteiger partial charge >= 0.3 is 0 Å². The highest BCUT2D eigenvalue weighted by molar-refractivity contribution is 6.21. The Morgan fingerprint density at radius 1 is 1.22 bits per heavy atom. The average Bonchev–Trinajstić information content (AvgIpc) is 2.93. The molecule has 0 spiro atoms. The lowest BCUT2D eigenvalue weighted by molar-refractivity contribution is 0.0642. The highest BCUT2D eigenvalue weighted by Gasteiger charge is 2.35. The van der Waals surface area contributed by atoms with Crippen LogP contribution in [0.5, 0.6) is 0 Å². The molecule has 3 rings (SSSR count). The lowest BCUT2D eigenvalue weighted by Crippen LogP contribution is -2.28. The molecular formula is C13H11N3O2. The van der Waals surface area contributed by atoms with E-state index >= 15 is 0 Å². The van der Waals surface area contributed by atoms with Gasteiger partial charge in [-0.3, -0.25) is 19.6 Å². The molecule has 1 aliphatic rings. The van der Waals surface area contributed by atoms with Crippen molar-refractivity contribution in [3.8, 4) is 0 Å². The number of aromatic amines is 1. The van der Waals surface area contributed by atoms with Crippen LogP contribution in [0.4, 0.5) is 0 Å². The van der Waals surface area contributed by atoms with Crippen molar-refractivity contribution in [1.29, 1.82) is 0 Å². The molecule has 1 aliphatic heterocycles. The molecule has 0 saturated carbocycles. The van der Waals surface area contributed by atoms with Crippen LogP contribution in [0.2, 0.25) is 0 Å². The Hall–Kier alpha value is -2.43. The van der Waals surface area contributed by atoms with Crippen molar-refractivity contribution in [2.24, 2.45) is 0 Å². The maximum atomic E-state index is 12.2. The first-order valence-corrected chi connectivity index (χ1v) is 5.61. The van der Waals surface area contributed by atoms with E-state index in [2.05, 4.69) is 10.2 Å². The average molecular weight is 241 g/mol. The quantitative estimate of drug-likeness (QED) is 0.810. The van der Waals surface area contributed by atoms with Crippen molar-refractivity contribution in [2.75, 3.05) is 0 Å². The number of benzene rings is 1. The molecule has 5 nitrogen and oxygen atoms in total. The lowest BCUT2D eigenvalue weighted by atomic mass is 10.1. The Kier molecular flexibility index (Phi) is 2.26. The second kappa shape index (κ2) is 3.80. The smallest absolute Gasteiger partial charge is 0.261 e. The molecule has 1 aromatic carbocycles. The fraction of sp³-hybridized carbons (Fsp3) is 0.154. The van der Waals surface area contributed by atoms with Crippen LogP contribution in [0.3, 0.4) is 0 Å². The molecule has 0 unspecified atom stereocenters. The van der Waals surface area contributed by atoms with Crippen molar-refractivity contribution in [3.05, 3.63) is 52.8 Å². The molecule has 5 heteroatoms. The molecule has 2 amide bonds. The number of nitrogens with one attached hydrogen (secondary N) is 1. The molecule has 0 aliphatic carbocycles. The van der Waals surface area contributed by atoms with Crippen molar-refractivity contribution < 1.29 is 9.59 Å². The van der Waals surface area contributed by atoms with Crippen LogP contribution in [-0.4, -0.2) is 26.9 Å². The summed E-state index contributed by atoms with van der Waals surface area (Å²) in [5, 5.41) is 6.47. The van der Waals surface area contributed by atoms with Gasteiger partial charge in [0.2, 0.25) is 0 Å². The minimum Gasteiger partial charge on any atom is -0.285 e. The second-order valence-electron chi connectivity index (χ2n) is 4.35. The Balaban J connectivity index is 1.97. The zero-order chi connectivity index (χ0) is 12.7. The van der Waals surface area contributed by atoms with Crippen LogP contribution in [0, 0.1) is 6.92 Å². The molecule has 90 valence electrons. The minimum absolute atomic E-state index is 0.236. The molecule has 18 heavy (non-hydrogen) atoms. The summed E-state index contributed by atoms with van der Waals surface area (Å²) in [6, 6.07) is 5.30. The summed E-state index contributed by atoms with van der Waals surface area (Å²) in [4.78, 5) is 25.5. The highest BCUT2D eigenvalue weighted by atomic mass is 16.2. The number of hydrogen-bond acceptors (Lipinski definition) is 3. The number of amides is 2. The number of hydrogen-bond donors (Lipinski definition) is 1. The Morgan fingerprint density at radius 2 is 2.00 bits per heavy atom. The van der Waals surface area contributed by atoms with Crippen LogP contribution in [-0.2, 0) is 6.54 Å². The monoisotopic (exact) mass is 241 g/mol. The maximum Gasteiger partial charge on any atom is 0.261 e. The van der Waals surface area contributed by atoms with Crippen molar-refractivity contribution in [2.45, 2.75) is 13.5 Å². The van der Waals surface area contributed by atoms with E-state index in [9.17, 15) is 9.59 Å². The molecule has 1 N–H and O–H groups in total. The number of carbonyl (C=O) groups is 2. The van der Waals surface area contributed by atoms with E-state index in [1.165, 1.54) is 4.90 Å². The normalized spacial score (nSPS) is 14.2. The summed E-state index contributed by atoms with van der Waals surface area (Å²) in [5.74, 6) is -0.476. The number of imide groups is 1. The van der Waals surface area contributed by atoms with E-state index in [1.807, 2.05) is 13.0 Å². The Morgan fingerprint density at radius 3 is 2.72 bits per heavy atom. The van der Waals surface area contributed by atoms with Gasteiger partial charge in [0, 0.05) is 11.8 Å². The lowest BCUT2D eigenvalue weighted by Gasteiger charge is -2.11. The van der Waals surface area contributed by atoms with E-state index in [0.29, 0.717) is 11.1 Å². The number of carbonyl (C=O) groups excluding carboxylic acids is 2. The first-order chi connectivity index (χ1) is 8.66. The van der Waals surface area contributed by atoms with Crippen molar-refractivity contribution in [1.82, 2.24) is 15.1 Å². The zero-order valence-electron chi connectivity index (χ0n) is 9.80. The molecular weight excluding hydrogens is 230 g/mol. The molecule has 0 fully saturated rings. The van der Waals surface area contributed by atoms with Gasteiger partial charge in [0.05, 0.1) is 23.9 Å². The van der Waals surface area contributed by atoms with Gasteiger partial charge < -0.3 is 0 Å². The third-order valence-electron chi connectivity index (χ3n) is 3.02. The molecule has 0 bridgehead atoms. The molecule has 1 aromatic heterocycles. The van der Waals surface area contributed by atoms with Crippen molar-refractivity contribution in [3.63, 3.8) is 0 Å². The Bertz CT molecular complexity index is 632. The summed E-state index contributed by atoms with van der Waals surface area (Å²) >= 11 is 0. The number of aromatic nitrogens is 2. The van der Waals surface area contributed by atoms with Crippen LogP contribution < -0.4 is 0 Å². The van der Waals surface area contributed by atoms with Gasteiger partial charge in [0.15, 0.2) is 0 Å². The standard InChI is InChI=1S/C13H11N3O2/c1-8-2-3-10-11(4-8)13(18)16(12(10)17)7-9-5-14-15-6-9/h2-6H,7H2,1H3,(H,14,15). The summed E-state index contributed by atoms with van der Waals surface area (Å²) in [6.45, 7) is 2.15. The maximum absolute atomic E-state index is 12.2. The predicted octanol–water partition coefficient (Wildman–Crippen LogP) is 1.51. The minimum atomic E-state index is -0.240. The van der Waals surface area contributed by atoms with Crippen LogP contribution in [0.25, 0.3) is 0 Å². The summed E-state index contributed by atoms with van der Waals surface area (Å²) in [6.07, 6.45) is 3.28. The zero-order valence-corrected chi connectivity index (χ0v) is 9.80. The number of fused-ring (bicyclic) bond motifs is 1. The van der Waals surface area contributed by atoms with Gasteiger partial charge in [-0.1, -0.05) is 11.6 Å². The summed E-state index contributed by atoms with van der Waals surface area (Å²) < 4.78 is 0. The number of aryl methyl sites for hydroxylation is 1. The van der Waals surface area contributed by atoms with Gasteiger partial charge in [-0.2, -0.15) is 5.10 Å². The van der Waals surface area contributed by atoms with E-state index in [1.54, 1.807) is 24.5 Å².